The number of anilines is 1. The molecule has 1 aliphatic rings. The predicted molar refractivity (Wildman–Crippen MR) is 90.8 cm³/mol. The van der Waals surface area contributed by atoms with Crippen molar-refractivity contribution < 1.29 is 5.11 Å². The van der Waals surface area contributed by atoms with E-state index < -0.39 is 5.60 Å². The summed E-state index contributed by atoms with van der Waals surface area (Å²) in [6.07, 6.45) is 9.46. The first-order chi connectivity index (χ1) is 10.7. The second-order valence-corrected chi connectivity index (χ2v) is 5.82. The first-order valence-electron chi connectivity index (χ1n) is 7.85. The number of piperidine rings is 1. The lowest BCUT2D eigenvalue weighted by Gasteiger charge is -2.30. The van der Waals surface area contributed by atoms with Crippen molar-refractivity contribution in [2.75, 3.05) is 18.0 Å². The number of hydrogen-bond acceptors (Lipinski definition) is 2. The van der Waals surface area contributed by atoms with Crippen LogP contribution in [0.25, 0.3) is 0 Å². The summed E-state index contributed by atoms with van der Waals surface area (Å²) in [5.74, 6) is 2.55. The molecule has 1 aliphatic heterocycles. The Hall–Kier alpha value is -2.24. The Morgan fingerprint density at radius 1 is 0.864 bits per heavy atom. The summed E-state index contributed by atoms with van der Waals surface area (Å²) in [4.78, 5) is 2.39. The average Bonchev–Trinajstić information content (AvgIpc) is 2.63. The normalized spacial score (nSPS) is 17.5. The molecule has 0 aromatic heterocycles. The molecule has 1 N–H and O–H groups in total. The zero-order valence-corrected chi connectivity index (χ0v) is 12.7. The molecule has 1 saturated heterocycles. The summed E-state index contributed by atoms with van der Waals surface area (Å²) in [7, 11) is 0. The third-order valence-corrected chi connectivity index (χ3v) is 4.41. The van der Waals surface area contributed by atoms with E-state index in [1.54, 1.807) is 0 Å². The highest BCUT2D eigenvalue weighted by atomic mass is 16.3. The third kappa shape index (κ3) is 2.73. The van der Waals surface area contributed by atoms with Crippen LogP contribution >= 0.6 is 0 Å². The minimum Gasteiger partial charge on any atom is -0.372 e. The highest BCUT2D eigenvalue weighted by Gasteiger charge is 2.29. The van der Waals surface area contributed by atoms with Crippen LogP contribution in [0.5, 0.6) is 0 Å². The molecule has 0 unspecified atom stereocenters. The fraction of sp³-hybridized carbons (Fsp3) is 0.300. The van der Waals surface area contributed by atoms with E-state index in [-0.39, 0.29) is 0 Å². The van der Waals surface area contributed by atoms with E-state index >= 15 is 0 Å². The Kier molecular flexibility index (Phi) is 4.18. The molecule has 0 aliphatic carbocycles. The molecule has 3 rings (SSSR count). The Morgan fingerprint density at radius 2 is 1.45 bits per heavy atom. The van der Waals surface area contributed by atoms with Crippen molar-refractivity contribution in [3.8, 4) is 12.3 Å². The van der Waals surface area contributed by atoms with Gasteiger partial charge in [0.25, 0.3) is 0 Å². The summed E-state index contributed by atoms with van der Waals surface area (Å²) >= 11 is 0. The van der Waals surface area contributed by atoms with Crippen LogP contribution in [0.2, 0.25) is 0 Å². The van der Waals surface area contributed by atoms with Gasteiger partial charge in [-0.1, -0.05) is 48.4 Å². The minimum absolute atomic E-state index is 0.725. The number of benzene rings is 2. The summed E-state index contributed by atoms with van der Waals surface area (Å²) in [5, 5.41) is 10.9. The topological polar surface area (TPSA) is 23.5 Å². The Bertz CT molecular complexity index is 650. The number of nitrogens with zero attached hydrogens (tertiary/aromatic N) is 1. The lowest BCUT2D eigenvalue weighted by atomic mass is 9.87. The van der Waals surface area contributed by atoms with Crippen LogP contribution in [0.1, 0.15) is 30.4 Å². The van der Waals surface area contributed by atoms with Crippen molar-refractivity contribution >= 4 is 5.69 Å². The smallest absolute Gasteiger partial charge is 0.176 e. The fourth-order valence-electron chi connectivity index (χ4n) is 3.08. The van der Waals surface area contributed by atoms with Gasteiger partial charge in [-0.25, -0.2) is 0 Å². The first-order valence-corrected chi connectivity index (χ1v) is 7.85. The lowest BCUT2D eigenvalue weighted by Crippen LogP contribution is -2.29. The van der Waals surface area contributed by atoms with Gasteiger partial charge >= 0.3 is 0 Å². The fourth-order valence-corrected chi connectivity index (χ4v) is 3.08. The van der Waals surface area contributed by atoms with Crippen LogP contribution in [0.15, 0.2) is 54.6 Å². The van der Waals surface area contributed by atoms with Crippen LogP contribution in [0, 0.1) is 12.3 Å². The molecular weight excluding hydrogens is 270 g/mol. The van der Waals surface area contributed by atoms with Gasteiger partial charge in [0.15, 0.2) is 5.60 Å². The van der Waals surface area contributed by atoms with Crippen LogP contribution < -0.4 is 4.90 Å². The van der Waals surface area contributed by atoms with E-state index in [0.717, 1.165) is 24.2 Å². The van der Waals surface area contributed by atoms with Crippen molar-refractivity contribution in [3.05, 3.63) is 65.7 Å². The number of terminal acetylenes is 1. The van der Waals surface area contributed by atoms with E-state index in [1.807, 2.05) is 42.5 Å². The molecule has 0 radical (unpaired) electrons. The largest absolute Gasteiger partial charge is 0.372 e. The molecule has 22 heavy (non-hydrogen) atoms. The Labute approximate surface area is 132 Å². The van der Waals surface area contributed by atoms with Crippen molar-refractivity contribution in [3.63, 3.8) is 0 Å². The molecule has 0 saturated carbocycles. The summed E-state index contributed by atoms with van der Waals surface area (Å²) in [6.45, 7) is 2.22. The molecule has 0 amide bonds. The minimum atomic E-state index is -1.37. The molecule has 1 heterocycles. The maximum absolute atomic E-state index is 10.9. The monoisotopic (exact) mass is 291 g/mol. The number of rotatable bonds is 3. The number of hydrogen-bond donors (Lipinski definition) is 1. The van der Waals surface area contributed by atoms with Crippen molar-refractivity contribution in [1.82, 2.24) is 0 Å². The van der Waals surface area contributed by atoms with Crippen LogP contribution in [-0.2, 0) is 5.60 Å². The van der Waals surface area contributed by atoms with Gasteiger partial charge in [0.05, 0.1) is 0 Å². The Morgan fingerprint density at radius 3 is 2.05 bits per heavy atom. The number of aliphatic hydroxyl groups is 1. The molecular formula is C20H21NO. The van der Waals surface area contributed by atoms with Gasteiger partial charge in [-0.15, -0.1) is 6.42 Å². The van der Waals surface area contributed by atoms with Crippen molar-refractivity contribution in [2.24, 2.45) is 0 Å². The molecule has 0 spiro atoms. The van der Waals surface area contributed by atoms with Crippen molar-refractivity contribution in [1.29, 1.82) is 0 Å². The van der Waals surface area contributed by atoms with Gasteiger partial charge in [-0.2, -0.15) is 0 Å². The van der Waals surface area contributed by atoms with E-state index in [9.17, 15) is 5.11 Å². The predicted octanol–water partition coefficient (Wildman–Crippen LogP) is 3.55. The van der Waals surface area contributed by atoms with Gasteiger partial charge in [0.2, 0.25) is 0 Å². The van der Waals surface area contributed by atoms with Crippen LogP contribution in [0.3, 0.4) is 0 Å². The van der Waals surface area contributed by atoms with E-state index in [2.05, 4.69) is 23.0 Å². The second kappa shape index (κ2) is 6.25. The van der Waals surface area contributed by atoms with Gasteiger partial charge in [-0.05, 0) is 31.4 Å². The molecule has 1 atom stereocenters. The molecule has 2 heteroatoms. The summed E-state index contributed by atoms with van der Waals surface area (Å²) < 4.78 is 0. The molecule has 2 nitrogen and oxygen atoms in total. The molecule has 1 fully saturated rings. The summed E-state index contributed by atoms with van der Waals surface area (Å²) in [5.41, 5.74) is 1.29. The Balaban J connectivity index is 1.89. The second-order valence-electron chi connectivity index (χ2n) is 5.82. The SMILES string of the molecule is C#C[C@@](O)(c1ccccc1)c1ccc(N2CCCCC2)cc1. The molecule has 2 aromatic carbocycles. The zero-order valence-electron chi connectivity index (χ0n) is 12.7. The lowest BCUT2D eigenvalue weighted by molar-refractivity contribution is 0.145. The molecule has 0 bridgehead atoms. The van der Waals surface area contributed by atoms with Gasteiger partial charge in [0.1, 0.15) is 0 Å². The average molecular weight is 291 g/mol. The van der Waals surface area contributed by atoms with Gasteiger partial charge in [-0.3, -0.25) is 0 Å². The van der Waals surface area contributed by atoms with Crippen LogP contribution in [0.4, 0.5) is 5.69 Å². The first kappa shape index (κ1) is 14.7. The van der Waals surface area contributed by atoms with Crippen molar-refractivity contribution in [2.45, 2.75) is 24.9 Å². The van der Waals surface area contributed by atoms with Gasteiger partial charge in [0, 0.05) is 29.9 Å². The summed E-state index contributed by atoms with van der Waals surface area (Å²) in [6, 6.07) is 17.4. The van der Waals surface area contributed by atoms with E-state index in [0.29, 0.717) is 0 Å². The highest BCUT2D eigenvalue weighted by Crippen LogP contribution is 2.30. The molecule has 2 aromatic rings. The molecule has 112 valence electrons. The quantitative estimate of drug-likeness (QED) is 0.874. The standard InChI is InChI=1S/C20H21NO/c1-2-20(22,17-9-5-3-6-10-17)18-11-13-19(14-12-18)21-15-7-4-8-16-21/h1,3,5-6,9-14,22H,4,7-8,15-16H2/t20-/m1/s1. The zero-order chi connectivity index (χ0) is 15.4. The van der Waals surface area contributed by atoms with E-state index in [4.69, 9.17) is 6.42 Å². The van der Waals surface area contributed by atoms with Gasteiger partial charge < -0.3 is 10.0 Å². The highest BCUT2D eigenvalue weighted by molar-refractivity contribution is 5.52. The maximum Gasteiger partial charge on any atom is 0.176 e. The van der Waals surface area contributed by atoms with E-state index in [1.165, 1.54) is 24.9 Å². The maximum atomic E-state index is 10.9. The van der Waals surface area contributed by atoms with Crippen LogP contribution in [-0.4, -0.2) is 18.2 Å². The third-order valence-electron chi connectivity index (χ3n) is 4.41.